The fourth-order valence-electron chi connectivity index (χ4n) is 5.35. The number of pyridine rings is 3. The van der Waals surface area contributed by atoms with Crippen LogP contribution in [0.15, 0.2) is 67.3 Å². The van der Waals surface area contributed by atoms with Crippen molar-refractivity contribution in [2.45, 2.75) is 19.3 Å². The molecule has 41 heavy (non-hydrogen) atoms. The van der Waals surface area contributed by atoms with E-state index in [1.54, 1.807) is 36.9 Å². The van der Waals surface area contributed by atoms with Crippen LogP contribution in [-0.2, 0) is 4.79 Å². The second kappa shape index (κ2) is 10.5. The number of hydrogen-bond acceptors (Lipinski definition) is 7. The molecule has 0 atom stereocenters. The Bertz CT molecular complexity index is 1870. The topological polar surface area (TPSA) is 137 Å². The minimum absolute atomic E-state index is 0.0000458. The average Bonchev–Trinajstić information content (AvgIpc) is 3.62. The van der Waals surface area contributed by atoms with Crippen LogP contribution in [0.1, 0.15) is 19.3 Å². The maximum Gasteiger partial charge on any atom is 0.224 e. The van der Waals surface area contributed by atoms with Crippen LogP contribution in [0, 0.1) is 11.7 Å². The van der Waals surface area contributed by atoms with Gasteiger partial charge >= 0.3 is 0 Å². The number of piperidine rings is 1. The number of rotatable bonds is 6. The smallest absolute Gasteiger partial charge is 0.224 e. The van der Waals surface area contributed by atoms with E-state index in [9.17, 15) is 9.18 Å². The predicted octanol–water partition coefficient (Wildman–Crippen LogP) is 5.09. The molecule has 0 aliphatic carbocycles. The molecule has 7 rings (SSSR count). The number of nitrogens with one attached hydrogen (secondary N) is 4. The molecule has 0 bridgehead atoms. The lowest BCUT2D eigenvalue weighted by molar-refractivity contribution is -0.117. The molecule has 1 aliphatic heterocycles. The maximum absolute atomic E-state index is 13.5. The molecule has 11 heteroatoms. The van der Waals surface area contributed by atoms with Gasteiger partial charge in [0.15, 0.2) is 17.1 Å². The first-order chi connectivity index (χ1) is 20.1. The van der Waals surface area contributed by atoms with Crippen LogP contribution in [-0.4, -0.2) is 54.1 Å². The summed E-state index contributed by atoms with van der Waals surface area (Å²) in [5.74, 6) is 0.636. The average molecular weight is 548 g/mol. The van der Waals surface area contributed by atoms with Gasteiger partial charge in [-0.15, -0.1) is 0 Å². The Kier molecular flexibility index (Phi) is 6.40. The van der Waals surface area contributed by atoms with Crippen molar-refractivity contribution in [1.82, 2.24) is 40.4 Å². The normalized spacial score (nSPS) is 14.1. The van der Waals surface area contributed by atoms with Gasteiger partial charge in [-0.1, -0.05) is 12.1 Å². The summed E-state index contributed by atoms with van der Waals surface area (Å²) >= 11 is 0. The van der Waals surface area contributed by atoms with Gasteiger partial charge in [-0.2, -0.15) is 5.10 Å². The molecule has 6 heterocycles. The number of halogens is 1. The highest BCUT2D eigenvalue weighted by Crippen LogP contribution is 2.32. The summed E-state index contributed by atoms with van der Waals surface area (Å²) in [5.41, 5.74) is 6.41. The van der Waals surface area contributed by atoms with Gasteiger partial charge in [-0.25, -0.2) is 19.3 Å². The van der Waals surface area contributed by atoms with Crippen molar-refractivity contribution >= 4 is 33.8 Å². The van der Waals surface area contributed by atoms with Crippen molar-refractivity contribution in [3.8, 4) is 33.8 Å². The summed E-state index contributed by atoms with van der Waals surface area (Å²) in [4.78, 5) is 34.1. The third-order valence-electron chi connectivity index (χ3n) is 7.47. The zero-order valence-electron chi connectivity index (χ0n) is 22.0. The van der Waals surface area contributed by atoms with Gasteiger partial charge in [0.1, 0.15) is 17.0 Å². The summed E-state index contributed by atoms with van der Waals surface area (Å²) in [7, 11) is 0. The third kappa shape index (κ3) is 5.03. The lowest BCUT2D eigenvalue weighted by atomic mass is 9.94. The molecule has 1 fully saturated rings. The molecule has 4 N–H and O–H groups in total. The molecule has 1 saturated heterocycles. The largest absolute Gasteiger partial charge is 0.325 e. The molecule has 1 aliphatic rings. The molecule has 6 aromatic rings. The summed E-state index contributed by atoms with van der Waals surface area (Å²) in [6, 6.07) is 12.0. The zero-order valence-corrected chi connectivity index (χ0v) is 22.0. The Balaban J connectivity index is 1.19. The van der Waals surface area contributed by atoms with Crippen molar-refractivity contribution in [3.05, 3.63) is 73.1 Å². The van der Waals surface area contributed by atoms with Gasteiger partial charge in [-0.05, 0) is 67.7 Å². The Morgan fingerprint density at radius 1 is 0.951 bits per heavy atom. The minimum atomic E-state index is -0.298. The molecule has 0 unspecified atom stereocenters. The molecule has 10 nitrogen and oxygen atoms in total. The van der Waals surface area contributed by atoms with E-state index >= 15 is 0 Å². The molecule has 0 saturated carbocycles. The lowest BCUT2D eigenvalue weighted by Gasteiger charge is -2.21. The molecule has 1 aromatic carbocycles. The number of aromatic amines is 2. The van der Waals surface area contributed by atoms with E-state index in [4.69, 9.17) is 4.98 Å². The van der Waals surface area contributed by atoms with Gasteiger partial charge in [0.25, 0.3) is 0 Å². The lowest BCUT2D eigenvalue weighted by Crippen LogP contribution is -2.30. The van der Waals surface area contributed by atoms with Crippen molar-refractivity contribution in [2.75, 3.05) is 18.4 Å². The number of aromatic nitrogens is 7. The number of anilines is 1. The third-order valence-corrected chi connectivity index (χ3v) is 7.47. The molecular formula is C30H26FN9O. The van der Waals surface area contributed by atoms with Gasteiger partial charge in [0.2, 0.25) is 5.91 Å². The second-order valence-corrected chi connectivity index (χ2v) is 10.2. The number of nitrogens with zero attached hydrogens (tertiary/aromatic N) is 5. The number of amides is 1. The van der Waals surface area contributed by atoms with E-state index in [0.29, 0.717) is 46.4 Å². The first-order valence-electron chi connectivity index (χ1n) is 13.5. The number of H-pyrrole nitrogens is 2. The van der Waals surface area contributed by atoms with Crippen LogP contribution in [0.5, 0.6) is 0 Å². The highest BCUT2D eigenvalue weighted by atomic mass is 19.1. The van der Waals surface area contributed by atoms with E-state index in [0.717, 1.165) is 53.6 Å². The highest BCUT2D eigenvalue weighted by Gasteiger charge is 2.19. The van der Waals surface area contributed by atoms with Gasteiger partial charge in [0.05, 0.1) is 17.3 Å². The van der Waals surface area contributed by atoms with Gasteiger partial charge < -0.3 is 15.6 Å². The van der Waals surface area contributed by atoms with Crippen LogP contribution in [0.4, 0.5) is 10.1 Å². The van der Waals surface area contributed by atoms with E-state index in [2.05, 4.69) is 40.8 Å². The van der Waals surface area contributed by atoms with Crippen molar-refractivity contribution in [3.63, 3.8) is 0 Å². The number of fused-ring (bicyclic) bond motifs is 2. The molecule has 0 spiro atoms. The minimum Gasteiger partial charge on any atom is -0.325 e. The molecule has 5 aromatic heterocycles. The van der Waals surface area contributed by atoms with Crippen LogP contribution >= 0.6 is 0 Å². The van der Waals surface area contributed by atoms with Crippen molar-refractivity contribution in [1.29, 1.82) is 0 Å². The van der Waals surface area contributed by atoms with E-state index in [1.807, 2.05) is 18.2 Å². The quantitative estimate of drug-likeness (QED) is 0.228. The zero-order chi connectivity index (χ0) is 27.8. The Labute approximate surface area is 233 Å². The monoisotopic (exact) mass is 547 g/mol. The van der Waals surface area contributed by atoms with E-state index in [1.165, 1.54) is 12.1 Å². The van der Waals surface area contributed by atoms with E-state index < -0.39 is 0 Å². The number of carbonyl (C=O) groups excluding carboxylic acids is 1. The van der Waals surface area contributed by atoms with Crippen LogP contribution in [0.25, 0.3) is 56.0 Å². The van der Waals surface area contributed by atoms with Crippen molar-refractivity contribution < 1.29 is 9.18 Å². The Morgan fingerprint density at radius 3 is 2.63 bits per heavy atom. The second-order valence-electron chi connectivity index (χ2n) is 10.2. The van der Waals surface area contributed by atoms with Gasteiger partial charge in [0, 0.05) is 41.7 Å². The summed E-state index contributed by atoms with van der Waals surface area (Å²) < 4.78 is 13.5. The Hall–Kier alpha value is -5.03. The van der Waals surface area contributed by atoms with Crippen LogP contribution < -0.4 is 10.6 Å². The fourth-order valence-corrected chi connectivity index (χ4v) is 5.35. The molecule has 1 amide bonds. The standard InChI is InChI=1S/C30H26FN9O/c31-21-3-1-18(2-4-21)23-7-10-34-29-26(23)37-30(38-29)27-24-13-20(15-35-28(24)40-39-27)19-12-22(16-33-14-19)36-25(41)11-17-5-8-32-9-6-17/h1-4,7,10,12-17,32H,5-6,8-9,11H2,(H,36,41)(H,34,37,38)(H,35,39,40). The fraction of sp³-hybridized carbons (Fsp3) is 0.200. The summed E-state index contributed by atoms with van der Waals surface area (Å²) in [6.45, 7) is 1.92. The number of carbonyl (C=O) groups is 1. The van der Waals surface area contributed by atoms with Crippen molar-refractivity contribution in [2.24, 2.45) is 5.92 Å². The number of imidazole rings is 1. The van der Waals surface area contributed by atoms with Crippen LogP contribution in [0.2, 0.25) is 0 Å². The maximum atomic E-state index is 13.5. The first kappa shape index (κ1) is 25.0. The molecule has 204 valence electrons. The van der Waals surface area contributed by atoms with Crippen LogP contribution in [0.3, 0.4) is 0 Å². The molecular weight excluding hydrogens is 521 g/mol. The van der Waals surface area contributed by atoms with E-state index in [-0.39, 0.29) is 11.7 Å². The predicted molar refractivity (Wildman–Crippen MR) is 154 cm³/mol. The summed E-state index contributed by atoms with van der Waals surface area (Å²) in [5, 5.41) is 14.6. The SMILES string of the molecule is O=C(CC1CCNCC1)Nc1cncc(-c2cnc3[nH]nc(-c4nc5c(-c6ccc(F)cc6)ccnc5[nH]4)c3c2)c1. The first-order valence-corrected chi connectivity index (χ1v) is 13.5. The molecule has 0 radical (unpaired) electrons. The summed E-state index contributed by atoms with van der Waals surface area (Å²) in [6.07, 6.45) is 9.36. The Morgan fingerprint density at radius 2 is 1.78 bits per heavy atom. The number of benzene rings is 1. The number of hydrogen-bond donors (Lipinski definition) is 4. The highest BCUT2D eigenvalue weighted by molar-refractivity contribution is 5.96. The van der Waals surface area contributed by atoms with Gasteiger partial charge in [-0.3, -0.25) is 14.9 Å².